The highest BCUT2D eigenvalue weighted by Gasteiger charge is 2.30. The number of alkyl halides is 3. The molecule has 1 heterocycles. The van der Waals surface area contributed by atoms with Crippen LogP contribution in [0.2, 0.25) is 0 Å². The molecule has 3 rings (SSSR count). The van der Waals surface area contributed by atoms with Gasteiger partial charge in [0, 0.05) is 11.9 Å². The van der Waals surface area contributed by atoms with Crippen molar-refractivity contribution in [2.24, 2.45) is 0 Å². The number of hydrogen-bond donors (Lipinski definition) is 1. The fourth-order valence-electron chi connectivity index (χ4n) is 2.37. The monoisotopic (exact) mass is 393 g/mol. The maximum absolute atomic E-state index is 13.3. The third-order valence-electron chi connectivity index (χ3n) is 3.85. The summed E-state index contributed by atoms with van der Waals surface area (Å²) >= 11 is 0. The van der Waals surface area contributed by atoms with E-state index in [9.17, 15) is 22.4 Å². The molecule has 0 unspecified atom stereocenters. The highest BCUT2D eigenvalue weighted by molar-refractivity contribution is 6.03. The second-order valence-corrected chi connectivity index (χ2v) is 5.95. The van der Waals surface area contributed by atoms with E-state index in [1.165, 1.54) is 47.3 Å². The van der Waals surface area contributed by atoms with Crippen molar-refractivity contribution in [3.8, 4) is 5.75 Å². The number of carbonyl (C=O) groups excluding carboxylic acids is 1. The number of amides is 1. The van der Waals surface area contributed by atoms with E-state index in [2.05, 4.69) is 10.4 Å². The first kappa shape index (κ1) is 19.4. The van der Waals surface area contributed by atoms with Gasteiger partial charge in [-0.15, -0.1) is 0 Å². The number of nitrogens with zero attached hydrogens (tertiary/aromatic N) is 2. The van der Waals surface area contributed by atoms with Gasteiger partial charge in [0.2, 0.25) is 0 Å². The molecule has 0 aliphatic carbocycles. The summed E-state index contributed by atoms with van der Waals surface area (Å²) in [6.45, 7) is 1.53. The molecule has 0 fully saturated rings. The molecule has 0 spiro atoms. The number of aromatic nitrogens is 2. The molecule has 0 aliphatic heterocycles. The molecule has 0 atom stereocenters. The molecule has 1 aromatic heterocycles. The maximum Gasteiger partial charge on any atom is 0.416 e. The van der Waals surface area contributed by atoms with Crippen LogP contribution in [0.15, 0.2) is 54.7 Å². The third kappa shape index (κ3) is 4.67. The molecular weight excluding hydrogens is 378 g/mol. The Morgan fingerprint density at radius 3 is 2.71 bits per heavy atom. The number of anilines is 1. The summed E-state index contributed by atoms with van der Waals surface area (Å²) in [5.74, 6) is -1.01. The Kier molecular flexibility index (Phi) is 5.34. The van der Waals surface area contributed by atoms with Crippen LogP contribution < -0.4 is 10.1 Å². The Morgan fingerprint density at radius 2 is 1.96 bits per heavy atom. The van der Waals surface area contributed by atoms with E-state index in [-0.39, 0.29) is 18.2 Å². The zero-order chi connectivity index (χ0) is 20.3. The van der Waals surface area contributed by atoms with Crippen LogP contribution in [-0.2, 0) is 12.9 Å². The second kappa shape index (κ2) is 7.71. The van der Waals surface area contributed by atoms with E-state index >= 15 is 0 Å². The first-order valence-corrected chi connectivity index (χ1v) is 8.13. The molecule has 146 valence electrons. The standard InChI is InChI=1S/C19H15F4N3O2/c1-12-5-6-14(20)10-17(12)24-18(27)16-7-8-26(25-16)11-28-15-4-2-3-13(9-15)19(21,22)23/h2-10H,11H2,1H3,(H,24,27). The molecule has 0 saturated heterocycles. The van der Waals surface area contributed by atoms with Gasteiger partial charge in [0.25, 0.3) is 5.91 Å². The number of halogens is 4. The summed E-state index contributed by atoms with van der Waals surface area (Å²) in [6.07, 6.45) is -3.02. The summed E-state index contributed by atoms with van der Waals surface area (Å²) in [6, 6.07) is 9.87. The molecule has 2 aromatic carbocycles. The topological polar surface area (TPSA) is 56.2 Å². The first-order chi connectivity index (χ1) is 13.2. The van der Waals surface area contributed by atoms with Gasteiger partial charge < -0.3 is 10.1 Å². The van der Waals surface area contributed by atoms with Gasteiger partial charge in [0.05, 0.1) is 5.56 Å². The molecule has 9 heteroatoms. The average molecular weight is 393 g/mol. The number of ether oxygens (including phenoxy) is 1. The molecule has 0 bridgehead atoms. The molecule has 3 aromatic rings. The lowest BCUT2D eigenvalue weighted by Gasteiger charge is -2.10. The highest BCUT2D eigenvalue weighted by atomic mass is 19.4. The number of aryl methyl sites for hydroxylation is 1. The van der Waals surface area contributed by atoms with E-state index in [1.54, 1.807) is 6.92 Å². The van der Waals surface area contributed by atoms with Crippen LogP contribution in [0.5, 0.6) is 5.75 Å². The normalized spacial score (nSPS) is 11.3. The van der Waals surface area contributed by atoms with Gasteiger partial charge in [0.15, 0.2) is 12.4 Å². The molecule has 0 aliphatic rings. The molecule has 0 saturated carbocycles. The minimum absolute atomic E-state index is 0.0201. The van der Waals surface area contributed by atoms with E-state index < -0.39 is 23.5 Å². The maximum atomic E-state index is 13.3. The molecule has 28 heavy (non-hydrogen) atoms. The predicted octanol–water partition coefficient (Wildman–Crippen LogP) is 4.64. The Bertz CT molecular complexity index is 999. The SMILES string of the molecule is Cc1ccc(F)cc1NC(=O)c1ccn(COc2cccc(C(F)(F)F)c2)n1. The van der Waals surface area contributed by atoms with Crippen molar-refractivity contribution in [1.82, 2.24) is 9.78 Å². The highest BCUT2D eigenvalue weighted by Crippen LogP contribution is 2.31. The van der Waals surface area contributed by atoms with Crippen molar-refractivity contribution in [3.05, 3.63) is 77.4 Å². The van der Waals surface area contributed by atoms with Crippen molar-refractivity contribution in [1.29, 1.82) is 0 Å². The predicted molar refractivity (Wildman–Crippen MR) is 93.4 cm³/mol. The van der Waals surface area contributed by atoms with Crippen LogP contribution in [-0.4, -0.2) is 15.7 Å². The fourth-order valence-corrected chi connectivity index (χ4v) is 2.37. The quantitative estimate of drug-likeness (QED) is 0.643. The number of carbonyl (C=O) groups is 1. The van der Waals surface area contributed by atoms with Crippen LogP contribution in [0.25, 0.3) is 0 Å². The van der Waals surface area contributed by atoms with Crippen molar-refractivity contribution < 1.29 is 27.1 Å². The van der Waals surface area contributed by atoms with Gasteiger partial charge in [-0.2, -0.15) is 18.3 Å². The van der Waals surface area contributed by atoms with E-state index in [1.807, 2.05) is 0 Å². The Labute approximate surface area is 157 Å². The summed E-state index contributed by atoms with van der Waals surface area (Å²) in [7, 11) is 0. The van der Waals surface area contributed by atoms with Gasteiger partial charge in [-0.05, 0) is 48.9 Å². The Morgan fingerprint density at radius 1 is 1.18 bits per heavy atom. The van der Waals surface area contributed by atoms with Gasteiger partial charge in [-0.1, -0.05) is 12.1 Å². The number of benzene rings is 2. The molecule has 5 nitrogen and oxygen atoms in total. The Hall–Kier alpha value is -3.36. The summed E-state index contributed by atoms with van der Waals surface area (Å²) in [4.78, 5) is 12.2. The third-order valence-corrected chi connectivity index (χ3v) is 3.85. The van der Waals surface area contributed by atoms with Crippen LogP contribution >= 0.6 is 0 Å². The fraction of sp³-hybridized carbons (Fsp3) is 0.158. The van der Waals surface area contributed by atoms with Gasteiger partial charge in [0.1, 0.15) is 11.6 Å². The molecular formula is C19H15F4N3O2. The molecule has 0 radical (unpaired) electrons. The summed E-state index contributed by atoms with van der Waals surface area (Å²) in [5, 5.41) is 6.57. The van der Waals surface area contributed by atoms with E-state index in [0.29, 0.717) is 11.3 Å². The van der Waals surface area contributed by atoms with E-state index in [0.717, 1.165) is 12.1 Å². The van der Waals surface area contributed by atoms with Crippen molar-refractivity contribution >= 4 is 11.6 Å². The van der Waals surface area contributed by atoms with Gasteiger partial charge in [-0.25, -0.2) is 9.07 Å². The second-order valence-electron chi connectivity index (χ2n) is 5.95. The van der Waals surface area contributed by atoms with Crippen molar-refractivity contribution in [2.75, 3.05) is 5.32 Å². The van der Waals surface area contributed by atoms with Crippen molar-refractivity contribution in [3.63, 3.8) is 0 Å². The number of rotatable bonds is 5. The minimum atomic E-state index is -4.47. The number of hydrogen-bond acceptors (Lipinski definition) is 3. The van der Waals surface area contributed by atoms with Gasteiger partial charge in [-0.3, -0.25) is 4.79 Å². The van der Waals surface area contributed by atoms with Gasteiger partial charge >= 0.3 is 6.18 Å². The van der Waals surface area contributed by atoms with E-state index in [4.69, 9.17) is 4.74 Å². The summed E-state index contributed by atoms with van der Waals surface area (Å²) < 4.78 is 58.0. The smallest absolute Gasteiger partial charge is 0.416 e. The molecule has 1 amide bonds. The zero-order valence-corrected chi connectivity index (χ0v) is 14.6. The van der Waals surface area contributed by atoms with Crippen LogP contribution in [0.3, 0.4) is 0 Å². The lowest BCUT2D eigenvalue weighted by Crippen LogP contribution is -2.15. The first-order valence-electron chi connectivity index (χ1n) is 8.13. The Balaban J connectivity index is 1.64. The number of nitrogens with one attached hydrogen (secondary N) is 1. The average Bonchev–Trinajstić information content (AvgIpc) is 3.12. The molecule has 1 N–H and O–H groups in total. The lowest BCUT2D eigenvalue weighted by atomic mass is 10.2. The largest absolute Gasteiger partial charge is 0.471 e. The zero-order valence-electron chi connectivity index (χ0n) is 14.6. The minimum Gasteiger partial charge on any atom is -0.471 e. The van der Waals surface area contributed by atoms with Crippen LogP contribution in [0, 0.1) is 12.7 Å². The summed E-state index contributed by atoms with van der Waals surface area (Å²) in [5.41, 5.74) is 0.231. The van der Waals surface area contributed by atoms with Crippen LogP contribution in [0.4, 0.5) is 23.2 Å². The lowest BCUT2D eigenvalue weighted by molar-refractivity contribution is -0.137. The van der Waals surface area contributed by atoms with Crippen LogP contribution in [0.1, 0.15) is 21.6 Å². The van der Waals surface area contributed by atoms with Crippen molar-refractivity contribution in [2.45, 2.75) is 19.8 Å².